The molecule has 6 nitrogen and oxygen atoms in total. The molecule has 6 unspecified atom stereocenters. The molecule has 0 N–H and O–H groups in total. The number of halogens is 2. The number of carbonyl (C=O) groups is 4. The van der Waals surface area contributed by atoms with Gasteiger partial charge in [0, 0.05) is 37.5 Å². The third kappa shape index (κ3) is 18.5. The fraction of sp³-hybridized carbons (Fsp3) is 0.659. The van der Waals surface area contributed by atoms with E-state index in [0.717, 1.165) is 92.4 Å². The third-order valence-electron chi connectivity index (χ3n) is 23.0. The molecule has 548 valence electrons. The Hall–Kier alpha value is -1.33. The van der Waals surface area contributed by atoms with Crippen LogP contribution < -0.4 is 23.6 Å². The zero-order chi connectivity index (χ0) is 72.3. The monoisotopic (exact) mass is 1730 g/mol. The van der Waals surface area contributed by atoms with E-state index in [0.29, 0.717) is 47.2 Å². The van der Waals surface area contributed by atoms with Crippen LogP contribution in [0.2, 0.25) is 39.0 Å². The fourth-order valence-electron chi connectivity index (χ4n) is 16.8. The number of aryl methyl sites for hydroxylation is 3. The molecule has 0 radical (unpaired) electrons. The number of hydrogen-bond acceptors (Lipinski definition) is 10. The Bertz CT molecular complexity index is 3600. The Balaban J connectivity index is 0.000000207. The molecule has 0 saturated carbocycles. The van der Waals surface area contributed by atoms with Crippen molar-refractivity contribution in [3.05, 3.63) is 68.7 Å². The molecule has 6 aromatic heterocycles. The van der Waals surface area contributed by atoms with Gasteiger partial charge in [-0.25, -0.2) is 0 Å². The van der Waals surface area contributed by atoms with Gasteiger partial charge in [0.1, 0.15) is 8.07 Å². The second-order valence-electron chi connectivity index (χ2n) is 31.2. The molecule has 6 aromatic rings. The molecule has 0 saturated heterocycles. The summed E-state index contributed by atoms with van der Waals surface area (Å²) >= 11 is 16.0. The van der Waals surface area contributed by atoms with Crippen LogP contribution in [0.4, 0.5) is 0 Å². The van der Waals surface area contributed by atoms with Crippen molar-refractivity contribution in [3.63, 3.8) is 0 Å². The van der Waals surface area contributed by atoms with Crippen LogP contribution in [0, 0.1) is 56.3 Å². The molecular formula is C82H124Br2N2O4S6Si2Sn. The molecule has 17 heteroatoms. The average molecular weight is 1730 g/mol. The van der Waals surface area contributed by atoms with Crippen LogP contribution in [0.15, 0.2) is 31.8 Å². The van der Waals surface area contributed by atoms with Gasteiger partial charge in [-0.05, 0) is 117 Å². The van der Waals surface area contributed by atoms with Crippen molar-refractivity contribution in [2.45, 2.75) is 297 Å². The summed E-state index contributed by atoms with van der Waals surface area (Å²) in [6.07, 6.45) is 30.2. The van der Waals surface area contributed by atoms with Crippen LogP contribution in [0.1, 0.15) is 293 Å². The quantitative estimate of drug-likeness (QED) is 0.0286. The summed E-state index contributed by atoms with van der Waals surface area (Å²) in [5.41, 5.74) is 2.43. The Labute approximate surface area is 647 Å². The van der Waals surface area contributed by atoms with Crippen LogP contribution in [-0.4, -0.2) is 81.0 Å². The predicted octanol–water partition coefficient (Wildman–Crippen LogP) is 25.7. The van der Waals surface area contributed by atoms with E-state index in [9.17, 15) is 19.2 Å². The molecule has 0 aliphatic carbocycles. The number of imide groups is 2. The zero-order valence-electron chi connectivity index (χ0n) is 64.2. The van der Waals surface area contributed by atoms with E-state index in [2.05, 4.69) is 197 Å². The van der Waals surface area contributed by atoms with E-state index in [1.165, 1.54) is 163 Å². The van der Waals surface area contributed by atoms with Gasteiger partial charge in [-0.3, -0.25) is 29.0 Å². The molecule has 10 rings (SSSR count). The molecule has 0 spiro atoms. The van der Waals surface area contributed by atoms with Crippen molar-refractivity contribution in [1.82, 2.24) is 9.80 Å². The number of nitrogens with zero attached hydrogens (tertiary/aromatic N) is 2. The van der Waals surface area contributed by atoms with Crippen LogP contribution in [-0.2, 0) is 0 Å². The molecular weight excluding hydrogens is 1600 g/mol. The van der Waals surface area contributed by atoms with Crippen molar-refractivity contribution in [2.75, 3.05) is 13.1 Å². The number of amides is 4. The topological polar surface area (TPSA) is 74.8 Å². The summed E-state index contributed by atoms with van der Waals surface area (Å²) in [6.45, 7) is 35.7. The van der Waals surface area contributed by atoms with Crippen LogP contribution in [0.25, 0.3) is 29.3 Å². The van der Waals surface area contributed by atoms with Gasteiger partial charge in [-0.15, -0.1) is 45.3 Å². The Morgan fingerprint density at radius 1 is 0.374 bits per heavy atom. The first-order chi connectivity index (χ1) is 47.4. The second-order valence-corrected chi connectivity index (χ2v) is 64.2. The van der Waals surface area contributed by atoms with E-state index >= 15 is 0 Å². The molecule has 4 aliphatic heterocycles. The summed E-state index contributed by atoms with van der Waals surface area (Å²) in [6, 6.07) is 16.3. The van der Waals surface area contributed by atoms with E-state index in [4.69, 9.17) is 0 Å². The Morgan fingerprint density at radius 3 is 1.04 bits per heavy atom. The average Bonchev–Trinajstić information content (AvgIpc) is 1.54. The second kappa shape index (κ2) is 38.0. The van der Waals surface area contributed by atoms with Crippen molar-refractivity contribution in [1.29, 1.82) is 0 Å². The van der Waals surface area contributed by atoms with Gasteiger partial charge in [0.05, 0.1) is 34.7 Å². The predicted molar refractivity (Wildman–Crippen MR) is 455 cm³/mol. The Morgan fingerprint density at radius 2 is 0.687 bits per heavy atom. The van der Waals surface area contributed by atoms with Crippen LogP contribution >= 0.6 is 99.9 Å². The van der Waals surface area contributed by atoms with Crippen molar-refractivity contribution in [3.8, 4) is 29.3 Å². The number of hydrogen-bond donors (Lipinski definition) is 0. The SMILES string of the molecule is CCCCC(CC)CN1C(=O)c2c(Br)sc(Br)c2C1=O.CCCCC(CC)CN1C(=O)c2c(C)sc(-c3cc4c(s3)-c3sc(C)cc3[Si]4(CC(CC)CCCC)CC(CC)CCCC)c2C1=O.CCCCC(CC)C[Si]1(CC(CC)CCCC)c2cc(C)sc2-c2s[c]([Sn]([CH3])([CH3])[CH3])cc21. The summed E-state index contributed by atoms with van der Waals surface area (Å²) in [5, 5.41) is 7.14. The zero-order valence-corrected chi connectivity index (χ0v) is 77.1. The Kier molecular flexibility index (Phi) is 31.9. The van der Waals surface area contributed by atoms with Gasteiger partial charge in [0.2, 0.25) is 0 Å². The molecule has 0 fully saturated rings. The summed E-state index contributed by atoms with van der Waals surface area (Å²) < 4.78 is 3.30. The van der Waals surface area contributed by atoms with Crippen molar-refractivity contribution >= 4 is 182 Å². The molecule has 10 heterocycles. The van der Waals surface area contributed by atoms with Gasteiger partial charge in [-0.1, -0.05) is 145 Å². The van der Waals surface area contributed by atoms with E-state index < -0.39 is 34.5 Å². The maximum absolute atomic E-state index is 14.1. The minimum absolute atomic E-state index is 0.0553. The fourth-order valence-corrected chi connectivity index (χ4v) is 47.4. The molecule has 4 aliphatic rings. The molecule has 4 amide bonds. The number of rotatable bonds is 38. The normalized spacial score (nSPS) is 18.6. The summed E-state index contributed by atoms with van der Waals surface area (Å²) in [4.78, 5) is 76.4. The first kappa shape index (κ1) is 83.3. The third-order valence-corrected chi connectivity index (χ3v) is 52.5. The minimum atomic E-state index is -2.09. The van der Waals surface area contributed by atoms with Gasteiger partial charge >= 0.3 is 214 Å². The van der Waals surface area contributed by atoms with E-state index in [1.54, 1.807) is 41.2 Å². The van der Waals surface area contributed by atoms with Gasteiger partial charge in [0.25, 0.3) is 23.6 Å². The standard InChI is InChI=1S/C40H59NO2S3Si.C25H39S2Si.C14H17Br2NO2S.3CH3.Sn/c1-9-15-18-28(12-4)23-41-39(42)34-27(8)45-36(35(34)40(41)43)31-22-33-38(46-31)37-32(21-26(7)44-37)47(33,24-29(13-5)19-16-10-2)25-30(14-6)20-17-11-3;1-6-10-12-20(8-3)17-28(18-21(9-4)13-11-7-2)22-14-15-26-24(22)25-23(28)16-19(5)27-25;1-3-5-6-8(4-2)7-17-13(18)9-10(14(17)19)12(16)20-11(9)15;;;;/h21-22,28-30H,9-20,23-25H2,1-8H3;14,16,20-21H,6-13,17-18H2,1-5H3;8H,3-7H2,1-2H3;3*1H3;. The molecule has 0 aromatic carbocycles. The first-order valence-corrected chi connectivity index (χ1v) is 60.5. The summed E-state index contributed by atoms with van der Waals surface area (Å²) in [7, 11) is -3.80. The van der Waals surface area contributed by atoms with Gasteiger partial charge in [0.15, 0.2) is 0 Å². The van der Waals surface area contributed by atoms with E-state index in [1.807, 2.05) is 35.9 Å². The van der Waals surface area contributed by atoms with Crippen LogP contribution in [0.3, 0.4) is 0 Å². The van der Waals surface area contributed by atoms with Gasteiger partial charge < -0.3 is 0 Å². The number of thiophene rings is 6. The maximum atomic E-state index is 14.1. The van der Waals surface area contributed by atoms with E-state index in [-0.39, 0.29) is 23.6 Å². The first-order valence-electron chi connectivity index (χ1n) is 39.2. The summed E-state index contributed by atoms with van der Waals surface area (Å²) in [5.74, 6) is 3.66. The van der Waals surface area contributed by atoms with Crippen molar-refractivity contribution < 1.29 is 19.2 Å². The van der Waals surface area contributed by atoms with Gasteiger partial charge in [-0.2, -0.15) is 0 Å². The molecule has 0 bridgehead atoms. The molecule has 6 atom stereocenters. The number of carbonyl (C=O) groups excluding carboxylic acids is 4. The number of unbranched alkanes of at least 4 members (excludes halogenated alkanes) is 6. The van der Waals surface area contributed by atoms with Crippen molar-refractivity contribution in [2.24, 2.45) is 35.5 Å². The number of fused-ring (bicyclic) bond motifs is 8. The molecule has 99 heavy (non-hydrogen) atoms. The van der Waals surface area contributed by atoms with Crippen LogP contribution in [0.5, 0.6) is 0 Å².